The van der Waals surface area contributed by atoms with Crippen LogP contribution < -0.4 is 14.8 Å². The zero-order valence-corrected chi connectivity index (χ0v) is 17.4. The van der Waals surface area contributed by atoms with E-state index in [1.165, 1.54) is 32.2 Å². The zero-order valence-electron chi connectivity index (χ0n) is 16.6. The first-order valence-corrected chi connectivity index (χ1v) is 9.58. The molecule has 0 saturated heterocycles. The van der Waals surface area contributed by atoms with E-state index in [0.717, 1.165) is 30.0 Å². The minimum Gasteiger partial charge on any atom is -0.493 e. The van der Waals surface area contributed by atoms with Gasteiger partial charge in [-0.25, -0.2) is 0 Å². The molecule has 3 rings (SSSR count). The summed E-state index contributed by atoms with van der Waals surface area (Å²) < 4.78 is 10.9. The predicted molar refractivity (Wildman–Crippen MR) is 115 cm³/mol. The van der Waals surface area contributed by atoms with Crippen LogP contribution in [0.5, 0.6) is 17.2 Å². The molecule has 0 bridgehead atoms. The molecule has 1 heterocycles. The Balaban J connectivity index is 1.87. The molecule has 1 aliphatic rings. The van der Waals surface area contributed by atoms with Crippen molar-refractivity contribution in [2.75, 3.05) is 7.11 Å². The highest BCUT2D eigenvalue weighted by molar-refractivity contribution is 8.18. The summed E-state index contributed by atoms with van der Waals surface area (Å²) in [5.41, 5.74) is -0.483. The molecule has 2 amide bonds. The van der Waals surface area contributed by atoms with Gasteiger partial charge in [-0.3, -0.25) is 29.8 Å². The van der Waals surface area contributed by atoms with Crippen LogP contribution in [0.15, 0.2) is 46.3 Å². The molecule has 164 valence electrons. The fraction of sp³-hybridized carbons (Fsp3) is 0.105. The summed E-state index contributed by atoms with van der Waals surface area (Å²) in [6, 6.07) is 7.59. The van der Waals surface area contributed by atoms with Gasteiger partial charge in [0.25, 0.3) is 11.6 Å². The first-order valence-electron chi connectivity index (χ1n) is 8.77. The van der Waals surface area contributed by atoms with Gasteiger partial charge in [0.2, 0.25) is 11.7 Å². The van der Waals surface area contributed by atoms with E-state index in [-0.39, 0.29) is 33.2 Å². The number of hydrogen-bond acceptors (Lipinski definition) is 9. The van der Waals surface area contributed by atoms with E-state index in [1.807, 2.05) is 0 Å². The standard InChI is InChI=1S/C19H14N4O8S/c1-10(24)20-19-21-18(25)17(32-19)8-11-3-5-15(16(7-11)30-2)31-14-6-4-12(22(26)27)9-13(14)23(28)29/h3-9H,1-2H3,(H,20,21,24,25)/b17-8-. The first kappa shape index (κ1) is 22.4. The van der Waals surface area contributed by atoms with Gasteiger partial charge in [0.1, 0.15) is 0 Å². The SMILES string of the molecule is COc1cc(/C=C2\SC(NC(C)=O)=NC2=O)ccc1Oc1ccc([N+](=O)[O-])cc1[N+](=O)[O-]. The number of nitro groups is 2. The van der Waals surface area contributed by atoms with Crippen molar-refractivity contribution in [1.82, 2.24) is 5.32 Å². The van der Waals surface area contributed by atoms with Crippen molar-refractivity contribution in [2.24, 2.45) is 4.99 Å². The molecule has 1 N–H and O–H groups in total. The average Bonchev–Trinajstić information content (AvgIpc) is 3.06. The third-order valence-electron chi connectivity index (χ3n) is 3.96. The van der Waals surface area contributed by atoms with E-state index >= 15 is 0 Å². The van der Waals surface area contributed by atoms with Crippen LogP contribution in [0.4, 0.5) is 11.4 Å². The van der Waals surface area contributed by atoms with E-state index in [9.17, 15) is 29.8 Å². The number of aliphatic imine (C=N–C) groups is 1. The highest BCUT2D eigenvalue weighted by atomic mass is 32.2. The Kier molecular flexibility index (Phi) is 6.49. The summed E-state index contributed by atoms with van der Waals surface area (Å²) in [6.07, 6.45) is 1.53. The van der Waals surface area contributed by atoms with Crippen LogP contribution in [0.25, 0.3) is 6.08 Å². The van der Waals surface area contributed by atoms with Crippen LogP contribution in [0, 0.1) is 20.2 Å². The van der Waals surface area contributed by atoms with Gasteiger partial charge in [0.15, 0.2) is 16.7 Å². The molecule has 2 aromatic carbocycles. The molecule has 0 radical (unpaired) electrons. The zero-order chi connectivity index (χ0) is 23.4. The van der Waals surface area contributed by atoms with Crippen LogP contribution in [0.3, 0.4) is 0 Å². The summed E-state index contributed by atoms with van der Waals surface area (Å²) in [6.45, 7) is 1.30. The van der Waals surface area contributed by atoms with Crippen molar-refractivity contribution in [2.45, 2.75) is 6.92 Å². The maximum Gasteiger partial charge on any atom is 0.318 e. The van der Waals surface area contributed by atoms with Gasteiger partial charge >= 0.3 is 5.69 Å². The molecule has 32 heavy (non-hydrogen) atoms. The lowest BCUT2D eigenvalue weighted by molar-refractivity contribution is -0.394. The number of hydrogen-bond donors (Lipinski definition) is 1. The van der Waals surface area contributed by atoms with Crippen LogP contribution in [0.1, 0.15) is 12.5 Å². The topological polar surface area (TPSA) is 163 Å². The number of amidine groups is 1. The summed E-state index contributed by atoms with van der Waals surface area (Å²) >= 11 is 0.999. The van der Waals surface area contributed by atoms with Crippen LogP contribution >= 0.6 is 11.8 Å². The molecule has 0 aromatic heterocycles. The molecule has 13 heteroatoms. The largest absolute Gasteiger partial charge is 0.493 e. The third kappa shape index (κ3) is 5.07. The Labute approximate surface area is 184 Å². The number of rotatable bonds is 6. The number of ether oxygens (including phenoxy) is 2. The number of nitro benzene ring substituents is 2. The molecule has 0 atom stereocenters. The van der Waals surface area contributed by atoms with Gasteiger partial charge in [0.05, 0.1) is 27.9 Å². The Morgan fingerprint density at radius 3 is 2.44 bits per heavy atom. The van der Waals surface area contributed by atoms with Gasteiger partial charge < -0.3 is 14.8 Å². The number of carbonyl (C=O) groups excluding carboxylic acids is 2. The molecule has 0 fully saturated rings. The van der Waals surface area contributed by atoms with E-state index < -0.39 is 27.1 Å². The van der Waals surface area contributed by atoms with Gasteiger partial charge in [0, 0.05) is 13.0 Å². The van der Waals surface area contributed by atoms with Crippen molar-refractivity contribution in [3.8, 4) is 17.2 Å². The van der Waals surface area contributed by atoms with E-state index in [0.29, 0.717) is 5.56 Å². The average molecular weight is 458 g/mol. The Morgan fingerprint density at radius 2 is 1.81 bits per heavy atom. The highest BCUT2D eigenvalue weighted by Gasteiger charge is 2.24. The van der Waals surface area contributed by atoms with E-state index in [2.05, 4.69) is 10.3 Å². The summed E-state index contributed by atoms with van der Waals surface area (Å²) in [5, 5.41) is 24.8. The number of methoxy groups -OCH3 is 1. The predicted octanol–water partition coefficient (Wildman–Crippen LogP) is 3.41. The molecular formula is C19H14N4O8S. The Hall–Kier alpha value is -4.26. The molecule has 1 aliphatic heterocycles. The second-order valence-corrected chi connectivity index (χ2v) is 7.22. The molecule has 12 nitrogen and oxygen atoms in total. The van der Waals surface area contributed by atoms with Crippen molar-refractivity contribution >= 4 is 46.2 Å². The minimum atomic E-state index is -0.789. The minimum absolute atomic E-state index is 0.118. The maximum absolute atomic E-state index is 12.0. The van der Waals surface area contributed by atoms with E-state index in [4.69, 9.17) is 9.47 Å². The number of carbonyl (C=O) groups is 2. The van der Waals surface area contributed by atoms with Crippen molar-refractivity contribution in [3.63, 3.8) is 0 Å². The maximum atomic E-state index is 12.0. The van der Waals surface area contributed by atoms with E-state index in [1.54, 1.807) is 6.07 Å². The fourth-order valence-corrected chi connectivity index (χ4v) is 3.45. The van der Waals surface area contributed by atoms with Gasteiger partial charge in [-0.15, -0.1) is 0 Å². The summed E-state index contributed by atoms with van der Waals surface area (Å²) in [7, 11) is 1.36. The fourth-order valence-electron chi connectivity index (χ4n) is 2.59. The Morgan fingerprint density at radius 1 is 1.09 bits per heavy atom. The van der Waals surface area contributed by atoms with Gasteiger partial charge in [-0.05, 0) is 41.6 Å². The molecule has 0 aliphatic carbocycles. The van der Waals surface area contributed by atoms with Crippen LogP contribution in [-0.2, 0) is 9.59 Å². The second kappa shape index (κ2) is 9.26. The monoisotopic (exact) mass is 458 g/mol. The van der Waals surface area contributed by atoms with Gasteiger partial charge in [-0.1, -0.05) is 6.07 Å². The van der Waals surface area contributed by atoms with Crippen LogP contribution in [0.2, 0.25) is 0 Å². The lowest BCUT2D eigenvalue weighted by Gasteiger charge is -2.11. The Bertz CT molecular complexity index is 1210. The molecule has 0 saturated carbocycles. The first-order chi connectivity index (χ1) is 15.2. The summed E-state index contributed by atoms with van der Waals surface area (Å²) in [4.78, 5) is 47.8. The number of non-ortho nitro benzene ring substituents is 1. The van der Waals surface area contributed by atoms with Gasteiger partial charge in [-0.2, -0.15) is 4.99 Å². The summed E-state index contributed by atoms with van der Waals surface area (Å²) in [5.74, 6) is -0.758. The second-order valence-electron chi connectivity index (χ2n) is 6.19. The third-order valence-corrected chi connectivity index (χ3v) is 4.86. The van der Waals surface area contributed by atoms with Crippen molar-refractivity contribution in [1.29, 1.82) is 0 Å². The molecular weight excluding hydrogens is 444 g/mol. The highest BCUT2D eigenvalue weighted by Crippen LogP contribution is 2.39. The molecule has 0 spiro atoms. The molecule has 2 aromatic rings. The van der Waals surface area contributed by atoms with Crippen molar-refractivity contribution < 1.29 is 28.9 Å². The van der Waals surface area contributed by atoms with Crippen molar-refractivity contribution in [3.05, 3.63) is 67.1 Å². The number of nitrogens with one attached hydrogen (secondary N) is 1. The normalized spacial score (nSPS) is 14.1. The lowest BCUT2D eigenvalue weighted by Crippen LogP contribution is -2.23. The number of thioether (sulfide) groups is 1. The molecule has 0 unspecified atom stereocenters. The number of amides is 2. The number of nitrogens with zero attached hydrogens (tertiary/aromatic N) is 3. The smallest absolute Gasteiger partial charge is 0.318 e. The number of benzene rings is 2. The quantitative estimate of drug-likeness (QED) is 0.388. The van der Waals surface area contributed by atoms with Crippen LogP contribution in [-0.4, -0.2) is 33.9 Å². The lowest BCUT2D eigenvalue weighted by atomic mass is 10.2.